The fourth-order valence-electron chi connectivity index (χ4n) is 1.08. The van der Waals surface area contributed by atoms with Gasteiger partial charge in [0.05, 0.1) is 0 Å². The fraction of sp³-hybridized carbons (Fsp3) is 0.750. The van der Waals surface area contributed by atoms with Gasteiger partial charge in [-0.05, 0) is 20.8 Å². The number of rotatable bonds is 5. The van der Waals surface area contributed by atoms with E-state index in [0.29, 0.717) is 0 Å². The van der Waals surface area contributed by atoms with Crippen LogP contribution in [0, 0.1) is 0 Å². The Morgan fingerprint density at radius 3 is 2.13 bits per heavy atom. The van der Waals surface area contributed by atoms with Gasteiger partial charge in [0.2, 0.25) is 0 Å². The summed E-state index contributed by atoms with van der Waals surface area (Å²) in [6.45, 7) is 4.48. The van der Waals surface area contributed by atoms with E-state index in [-0.39, 0.29) is 6.42 Å². The van der Waals surface area contributed by atoms with Crippen LogP contribution in [-0.2, 0) is 24.7 Å². The topological polar surface area (TPSA) is 102 Å². The highest BCUT2D eigenvalue weighted by molar-refractivity contribution is 5.56. The minimum Gasteiger partial charge on any atom is -0.429 e. The molecule has 0 N–H and O–H groups in total. The molecule has 0 bridgehead atoms. The first kappa shape index (κ1) is 13.5. The van der Waals surface area contributed by atoms with Crippen LogP contribution in [0.3, 0.4) is 0 Å². The van der Waals surface area contributed by atoms with Crippen molar-refractivity contribution >= 4 is 12.3 Å². The molecule has 0 rings (SSSR count). The maximum atomic E-state index is 10.1. The number of ether oxygens (including phenoxy) is 1. The molecule has 0 amide bonds. The van der Waals surface area contributed by atoms with Crippen molar-refractivity contribution in [2.24, 2.45) is 0 Å². The lowest BCUT2D eigenvalue weighted by Crippen LogP contribution is -2.31. The van der Waals surface area contributed by atoms with E-state index in [1.165, 1.54) is 20.8 Å². The summed E-state index contributed by atoms with van der Waals surface area (Å²) < 4.78 is 4.30. The molecule has 0 saturated heterocycles. The summed E-state index contributed by atoms with van der Waals surface area (Å²) in [4.78, 5) is 28.3. The lowest BCUT2D eigenvalue weighted by atomic mass is 10.0. The SMILES string of the molecule is CC(CC(C)(C)OOC([O])=O)OC([O])=O. The third-order valence-corrected chi connectivity index (χ3v) is 1.41. The van der Waals surface area contributed by atoms with Gasteiger partial charge in [0.25, 0.3) is 0 Å². The normalized spacial score (nSPS) is 13.0. The molecule has 15 heavy (non-hydrogen) atoms. The average molecular weight is 220 g/mol. The zero-order chi connectivity index (χ0) is 12.1. The Kier molecular flexibility index (Phi) is 4.86. The van der Waals surface area contributed by atoms with E-state index in [2.05, 4.69) is 14.5 Å². The van der Waals surface area contributed by atoms with Crippen molar-refractivity contribution in [1.82, 2.24) is 0 Å². The van der Waals surface area contributed by atoms with Crippen LogP contribution in [0.5, 0.6) is 0 Å². The highest BCUT2D eigenvalue weighted by Crippen LogP contribution is 2.19. The fourth-order valence-corrected chi connectivity index (χ4v) is 1.08. The summed E-state index contributed by atoms with van der Waals surface area (Å²) in [6.07, 6.45) is -4.07. The molecule has 0 fully saturated rings. The third-order valence-electron chi connectivity index (χ3n) is 1.41. The van der Waals surface area contributed by atoms with Crippen molar-refractivity contribution in [1.29, 1.82) is 0 Å². The average Bonchev–Trinajstić information content (AvgIpc) is 1.98. The molecule has 0 heterocycles. The molecule has 1 unspecified atom stereocenters. The first-order valence-corrected chi connectivity index (χ1v) is 4.17. The van der Waals surface area contributed by atoms with Gasteiger partial charge in [-0.15, -0.1) is 0 Å². The molecule has 0 aromatic rings. The number of hydrogen-bond donors (Lipinski definition) is 0. The molecule has 2 radical (unpaired) electrons. The van der Waals surface area contributed by atoms with E-state index in [1.54, 1.807) is 0 Å². The number of hydrogen-bond acceptors (Lipinski definition) is 5. The molecule has 7 nitrogen and oxygen atoms in total. The van der Waals surface area contributed by atoms with Gasteiger partial charge >= 0.3 is 12.3 Å². The van der Waals surface area contributed by atoms with E-state index in [1.807, 2.05) is 0 Å². The second kappa shape index (κ2) is 5.40. The standard InChI is InChI=1S/C8H12O7/c1-5(13-6(9)10)4-8(2,3)15-14-7(11)12/h5H,4H2,1-3H3. The molecule has 86 valence electrons. The van der Waals surface area contributed by atoms with Crippen molar-refractivity contribution in [2.75, 3.05) is 0 Å². The highest BCUT2D eigenvalue weighted by atomic mass is 17.2. The Bertz CT molecular complexity index is 235. The number of carbonyl (C=O) groups excluding carboxylic acids is 2. The minimum absolute atomic E-state index is 0.105. The summed E-state index contributed by atoms with van der Waals surface area (Å²) in [6, 6.07) is 0. The van der Waals surface area contributed by atoms with Crippen LogP contribution in [0.1, 0.15) is 27.2 Å². The molecule has 0 spiro atoms. The van der Waals surface area contributed by atoms with Gasteiger partial charge in [-0.2, -0.15) is 24.7 Å². The van der Waals surface area contributed by atoms with E-state index >= 15 is 0 Å². The van der Waals surface area contributed by atoms with E-state index in [9.17, 15) is 19.8 Å². The molecule has 0 aromatic carbocycles. The first-order valence-electron chi connectivity index (χ1n) is 4.17. The van der Waals surface area contributed by atoms with Crippen LogP contribution in [0.15, 0.2) is 0 Å². The molecular weight excluding hydrogens is 208 g/mol. The van der Waals surface area contributed by atoms with Crippen molar-refractivity contribution in [3.8, 4) is 0 Å². The monoisotopic (exact) mass is 220 g/mol. The summed E-state index contributed by atoms with van der Waals surface area (Å²) >= 11 is 0. The Labute approximate surface area is 86.5 Å². The van der Waals surface area contributed by atoms with Gasteiger partial charge in [-0.1, -0.05) is 0 Å². The maximum absolute atomic E-state index is 10.1. The predicted octanol–water partition coefficient (Wildman–Crippen LogP) is 1.61. The van der Waals surface area contributed by atoms with Crippen molar-refractivity contribution in [2.45, 2.75) is 38.9 Å². The Balaban J connectivity index is 4.00. The molecule has 0 aliphatic heterocycles. The van der Waals surface area contributed by atoms with Crippen molar-refractivity contribution in [3.05, 3.63) is 0 Å². The zero-order valence-electron chi connectivity index (χ0n) is 8.64. The van der Waals surface area contributed by atoms with E-state index in [0.717, 1.165) is 0 Å². The van der Waals surface area contributed by atoms with Crippen LogP contribution < -0.4 is 0 Å². The van der Waals surface area contributed by atoms with Crippen LogP contribution in [-0.4, -0.2) is 24.0 Å². The van der Waals surface area contributed by atoms with Gasteiger partial charge < -0.3 is 4.74 Å². The van der Waals surface area contributed by atoms with Crippen LogP contribution in [0.2, 0.25) is 0 Å². The van der Waals surface area contributed by atoms with Gasteiger partial charge in [0.1, 0.15) is 11.7 Å². The predicted molar refractivity (Wildman–Crippen MR) is 43.6 cm³/mol. The second-order valence-corrected chi connectivity index (χ2v) is 3.56. The van der Waals surface area contributed by atoms with Crippen LogP contribution in [0.25, 0.3) is 0 Å². The quantitative estimate of drug-likeness (QED) is 0.398. The van der Waals surface area contributed by atoms with Gasteiger partial charge in [-0.3, -0.25) is 4.89 Å². The summed E-state index contributed by atoms with van der Waals surface area (Å²) in [5, 5.41) is 20.0. The third kappa shape index (κ3) is 7.56. The Morgan fingerprint density at radius 1 is 1.20 bits per heavy atom. The Morgan fingerprint density at radius 2 is 1.73 bits per heavy atom. The van der Waals surface area contributed by atoms with Gasteiger partial charge in [0, 0.05) is 6.42 Å². The lowest BCUT2D eigenvalue weighted by molar-refractivity contribution is -0.322. The molecular formula is C8H12O7. The van der Waals surface area contributed by atoms with Crippen molar-refractivity contribution in [3.63, 3.8) is 0 Å². The zero-order valence-corrected chi connectivity index (χ0v) is 8.64. The van der Waals surface area contributed by atoms with E-state index in [4.69, 9.17) is 0 Å². The maximum Gasteiger partial charge on any atom is 0.582 e. The first-order chi connectivity index (χ1) is 6.73. The second-order valence-electron chi connectivity index (χ2n) is 3.56. The summed E-state index contributed by atoms with van der Waals surface area (Å²) in [5.74, 6) is 0. The van der Waals surface area contributed by atoms with Crippen LogP contribution in [0.4, 0.5) is 9.59 Å². The van der Waals surface area contributed by atoms with Gasteiger partial charge in [-0.25, -0.2) is 0 Å². The Hall–Kier alpha value is -1.50. The molecule has 7 heteroatoms. The molecule has 0 aliphatic rings. The van der Waals surface area contributed by atoms with Crippen LogP contribution >= 0.6 is 0 Å². The largest absolute Gasteiger partial charge is 0.582 e. The van der Waals surface area contributed by atoms with Gasteiger partial charge in [0.15, 0.2) is 0 Å². The minimum atomic E-state index is -1.82. The lowest BCUT2D eigenvalue weighted by Gasteiger charge is -2.24. The van der Waals surface area contributed by atoms with Crippen molar-refractivity contribution < 1.29 is 34.3 Å². The molecule has 0 aromatic heterocycles. The molecule has 0 aliphatic carbocycles. The van der Waals surface area contributed by atoms with E-state index < -0.39 is 24.0 Å². The molecule has 1 atom stereocenters. The summed E-state index contributed by atoms with van der Waals surface area (Å²) in [7, 11) is 0. The molecule has 0 saturated carbocycles. The smallest absolute Gasteiger partial charge is 0.429 e. The number of carbonyl (C=O) groups is 2. The summed E-state index contributed by atoms with van der Waals surface area (Å²) in [5.41, 5.74) is -1.02. The highest BCUT2D eigenvalue weighted by Gasteiger charge is 2.27.